The van der Waals surface area contributed by atoms with Crippen molar-refractivity contribution in [2.75, 3.05) is 13.1 Å². The number of phenols is 1. The van der Waals surface area contributed by atoms with E-state index in [4.69, 9.17) is 11.6 Å². The Morgan fingerprint density at radius 1 is 1.04 bits per heavy atom. The zero-order chi connectivity index (χ0) is 18.0. The summed E-state index contributed by atoms with van der Waals surface area (Å²) in [4.78, 5) is 26.9. The normalized spacial score (nSPS) is 15.2. The molecule has 1 aliphatic rings. The Bertz CT molecular complexity index is 779. The van der Waals surface area contributed by atoms with Crippen LogP contribution in [0.2, 0.25) is 5.02 Å². The second-order valence-corrected chi connectivity index (χ2v) is 7.49. The number of halogens is 2. The number of phenolic OH excluding ortho intramolecular Hbond substituents is 1. The monoisotopic (exact) mass is 421 g/mol. The largest absolute Gasteiger partial charge is 0.508 e. The molecule has 0 unspecified atom stereocenters. The quantitative estimate of drug-likeness (QED) is 0.739. The van der Waals surface area contributed by atoms with Crippen LogP contribution in [0.25, 0.3) is 0 Å². The SMILES string of the molecule is O=C(c1ccc(Cl)cc1)C1CCN(C(=O)c2cc(O)cc(Br)c2)CC1. The summed E-state index contributed by atoms with van der Waals surface area (Å²) in [5, 5.41) is 10.3. The molecule has 0 aromatic heterocycles. The van der Waals surface area contributed by atoms with Crippen molar-refractivity contribution < 1.29 is 14.7 Å². The first kappa shape index (κ1) is 18.0. The molecule has 2 aromatic carbocycles. The molecule has 0 aliphatic carbocycles. The molecular formula is C19H17BrClNO3. The maximum absolute atomic E-state index is 12.6. The van der Waals surface area contributed by atoms with Gasteiger partial charge in [-0.1, -0.05) is 27.5 Å². The maximum Gasteiger partial charge on any atom is 0.254 e. The fourth-order valence-corrected chi connectivity index (χ4v) is 3.68. The number of hydrogen-bond donors (Lipinski definition) is 1. The van der Waals surface area contributed by atoms with Crippen LogP contribution in [0, 0.1) is 5.92 Å². The minimum atomic E-state index is -0.131. The Hall–Kier alpha value is -1.85. The number of aromatic hydroxyl groups is 1. The van der Waals surface area contributed by atoms with E-state index in [-0.39, 0.29) is 23.4 Å². The third-order valence-corrected chi connectivity index (χ3v) is 5.12. The van der Waals surface area contributed by atoms with Crippen LogP contribution in [0.4, 0.5) is 0 Å². The number of carbonyl (C=O) groups is 2. The van der Waals surface area contributed by atoms with E-state index in [2.05, 4.69) is 15.9 Å². The molecule has 1 saturated heterocycles. The van der Waals surface area contributed by atoms with Crippen LogP contribution in [-0.4, -0.2) is 34.8 Å². The zero-order valence-electron chi connectivity index (χ0n) is 13.4. The molecule has 1 amide bonds. The first-order valence-corrected chi connectivity index (χ1v) is 9.20. The van der Waals surface area contributed by atoms with Crippen molar-refractivity contribution in [1.82, 2.24) is 4.90 Å². The Kier molecular flexibility index (Phi) is 5.45. The average molecular weight is 423 g/mol. The minimum absolute atomic E-state index is 0.0468. The van der Waals surface area contributed by atoms with Crippen molar-refractivity contribution in [2.24, 2.45) is 5.92 Å². The van der Waals surface area contributed by atoms with Gasteiger partial charge in [0.1, 0.15) is 5.75 Å². The minimum Gasteiger partial charge on any atom is -0.508 e. The topological polar surface area (TPSA) is 57.6 Å². The van der Waals surface area contributed by atoms with E-state index in [9.17, 15) is 14.7 Å². The molecule has 0 bridgehead atoms. The van der Waals surface area contributed by atoms with Crippen molar-refractivity contribution in [2.45, 2.75) is 12.8 Å². The van der Waals surface area contributed by atoms with Gasteiger partial charge in [-0.15, -0.1) is 0 Å². The third kappa shape index (κ3) is 4.22. The number of hydrogen-bond acceptors (Lipinski definition) is 3. The summed E-state index contributed by atoms with van der Waals surface area (Å²) in [6, 6.07) is 11.6. The van der Waals surface area contributed by atoms with Crippen LogP contribution in [0.5, 0.6) is 5.75 Å². The van der Waals surface area contributed by atoms with E-state index in [1.165, 1.54) is 12.1 Å². The zero-order valence-corrected chi connectivity index (χ0v) is 15.8. The highest BCUT2D eigenvalue weighted by Crippen LogP contribution is 2.26. The summed E-state index contributed by atoms with van der Waals surface area (Å²) >= 11 is 9.14. The molecule has 1 heterocycles. The number of rotatable bonds is 3. The number of likely N-dealkylation sites (tertiary alicyclic amines) is 1. The van der Waals surface area contributed by atoms with Gasteiger partial charge in [0, 0.05) is 39.6 Å². The number of benzene rings is 2. The standard InChI is InChI=1S/C19H17BrClNO3/c20-15-9-14(10-17(23)11-15)19(25)22-7-5-13(6-8-22)18(24)12-1-3-16(21)4-2-12/h1-4,9-11,13,23H,5-8H2. The van der Waals surface area contributed by atoms with Crippen molar-refractivity contribution in [3.63, 3.8) is 0 Å². The molecule has 1 fully saturated rings. The number of carbonyl (C=O) groups excluding carboxylic acids is 2. The number of ketones is 1. The van der Waals surface area contributed by atoms with Crippen LogP contribution < -0.4 is 0 Å². The van der Waals surface area contributed by atoms with Crippen LogP contribution in [0.3, 0.4) is 0 Å². The van der Waals surface area contributed by atoms with Crippen molar-refractivity contribution in [3.8, 4) is 5.75 Å². The molecule has 130 valence electrons. The lowest BCUT2D eigenvalue weighted by Gasteiger charge is -2.31. The first-order valence-electron chi connectivity index (χ1n) is 8.02. The van der Waals surface area contributed by atoms with Gasteiger partial charge in [-0.2, -0.15) is 0 Å². The number of Topliss-reactive ketones (excluding diaryl/α,β-unsaturated/α-hetero) is 1. The van der Waals surface area contributed by atoms with Crippen LogP contribution in [-0.2, 0) is 0 Å². The van der Waals surface area contributed by atoms with Gasteiger partial charge in [0.25, 0.3) is 5.91 Å². The van der Waals surface area contributed by atoms with Gasteiger partial charge in [0.15, 0.2) is 5.78 Å². The molecule has 1 N–H and O–H groups in total. The Morgan fingerprint density at radius 3 is 2.28 bits per heavy atom. The second-order valence-electron chi connectivity index (χ2n) is 6.14. The summed E-state index contributed by atoms with van der Waals surface area (Å²) in [5.41, 5.74) is 1.10. The number of amides is 1. The Labute approximate surface area is 159 Å². The lowest BCUT2D eigenvalue weighted by molar-refractivity contribution is 0.0650. The van der Waals surface area contributed by atoms with Crippen molar-refractivity contribution in [3.05, 3.63) is 63.1 Å². The molecule has 0 atom stereocenters. The van der Waals surface area contributed by atoms with Gasteiger partial charge in [-0.3, -0.25) is 9.59 Å². The highest BCUT2D eigenvalue weighted by atomic mass is 79.9. The van der Waals surface area contributed by atoms with Gasteiger partial charge < -0.3 is 10.0 Å². The maximum atomic E-state index is 12.6. The Morgan fingerprint density at radius 2 is 1.68 bits per heavy atom. The van der Waals surface area contributed by atoms with Crippen molar-refractivity contribution >= 4 is 39.2 Å². The molecule has 4 nitrogen and oxygen atoms in total. The Balaban J connectivity index is 1.64. The molecule has 2 aromatic rings. The number of nitrogens with zero attached hydrogens (tertiary/aromatic N) is 1. The summed E-state index contributed by atoms with van der Waals surface area (Å²) in [6.45, 7) is 1.05. The van der Waals surface area contributed by atoms with Crippen LogP contribution >= 0.6 is 27.5 Å². The van der Waals surface area contributed by atoms with Gasteiger partial charge in [0.2, 0.25) is 0 Å². The molecular weight excluding hydrogens is 406 g/mol. The van der Waals surface area contributed by atoms with E-state index >= 15 is 0 Å². The van der Waals surface area contributed by atoms with Gasteiger partial charge >= 0.3 is 0 Å². The van der Waals surface area contributed by atoms with E-state index < -0.39 is 0 Å². The highest BCUT2D eigenvalue weighted by Gasteiger charge is 2.28. The lowest BCUT2D eigenvalue weighted by Crippen LogP contribution is -2.40. The molecule has 0 saturated carbocycles. The smallest absolute Gasteiger partial charge is 0.254 e. The van der Waals surface area contributed by atoms with Crippen LogP contribution in [0.1, 0.15) is 33.6 Å². The second kappa shape index (κ2) is 7.58. The summed E-state index contributed by atoms with van der Waals surface area (Å²) in [7, 11) is 0. The highest BCUT2D eigenvalue weighted by molar-refractivity contribution is 9.10. The van der Waals surface area contributed by atoms with Gasteiger partial charge in [-0.25, -0.2) is 0 Å². The molecule has 25 heavy (non-hydrogen) atoms. The summed E-state index contributed by atoms with van der Waals surface area (Å²) in [6.07, 6.45) is 1.26. The van der Waals surface area contributed by atoms with E-state index in [1.54, 1.807) is 35.2 Å². The fraction of sp³-hybridized carbons (Fsp3) is 0.263. The van der Waals surface area contributed by atoms with Crippen LogP contribution in [0.15, 0.2) is 46.9 Å². The average Bonchev–Trinajstić information content (AvgIpc) is 2.60. The molecule has 0 spiro atoms. The summed E-state index contributed by atoms with van der Waals surface area (Å²) < 4.78 is 0.656. The van der Waals surface area contributed by atoms with E-state index in [0.29, 0.717) is 46.6 Å². The fourth-order valence-electron chi connectivity index (χ4n) is 3.07. The molecule has 3 rings (SSSR count). The van der Waals surface area contributed by atoms with Gasteiger partial charge in [0.05, 0.1) is 0 Å². The molecule has 6 heteroatoms. The van der Waals surface area contributed by atoms with E-state index in [0.717, 1.165) is 0 Å². The lowest BCUT2D eigenvalue weighted by atomic mass is 9.88. The van der Waals surface area contributed by atoms with Crippen molar-refractivity contribution in [1.29, 1.82) is 0 Å². The molecule has 1 aliphatic heterocycles. The van der Waals surface area contributed by atoms with Gasteiger partial charge in [-0.05, 0) is 55.3 Å². The summed E-state index contributed by atoms with van der Waals surface area (Å²) in [5.74, 6) is -0.0653. The van der Waals surface area contributed by atoms with E-state index in [1.807, 2.05) is 0 Å². The predicted molar refractivity (Wildman–Crippen MR) is 100 cm³/mol. The first-order chi connectivity index (χ1) is 11.9. The number of piperidine rings is 1. The third-order valence-electron chi connectivity index (χ3n) is 4.41. The predicted octanol–water partition coefficient (Wildman–Crippen LogP) is 4.54. The molecule has 0 radical (unpaired) electrons.